The second-order valence-corrected chi connectivity index (χ2v) is 5.32. The van der Waals surface area contributed by atoms with Crippen molar-refractivity contribution >= 4 is 0 Å². The number of hydrogen-bond donors (Lipinski definition) is 2. The van der Waals surface area contributed by atoms with Crippen molar-refractivity contribution < 1.29 is 9.84 Å². The van der Waals surface area contributed by atoms with E-state index in [1.54, 1.807) is 0 Å². The highest BCUT2D eigenvalue weighted by atomic mass is 16.5. The van der Waals surface area contributed by atoms with Crippen LogP contribution < -0.4 is 10.1 Å². The Kier molecular flexibility index (Phi) is 3.52. The summed E-state index contributed by atoms with van der Waals surface area (Å²) in [6, 6.07) is 6.34. The molecule has 0 spiro atoms. The van der Waals surface area contributed by atoms with Gasteiger partial charge in [0, 0.05) is 6.04 Å². The minimum Gasteiger partial charge on any atom is -0.493 e. The van der Waals surface area contributed by atoms with Crippen LogP contribution in [0.3, 0.4) is 0 Å². The molecule has 0 radical (unpaired) electrons. The van der Waals surface area contributed by atoms with Crippen molar-refractivity contribution in [2.45, 2.75) is 44.2 Å². The van der Waals surface area contributed by atoms with Gasteiger partial charge in [-0.15, -0.1) is 0 Å². The molecule has 1 fully saturated rings. The molecule has 1 saturated heterocycles. The van der Waals surface area contributed by atoms with Gasteiger partial charge in [0.2, 0.25) is 0 Å². The summed E-state index contributed by atoms with van der Waals surface area (Å²) in [7, 11) is 0. The summed E-state index contributed by atoms with van der Waals surface area (Å²) >= 11 is 0. The van der Waals surface area contributed by atoms with Crippen LogP contribution in [0.4, 0.5) is 0 Å². The smallest absolute Gasteiger partial charge is 0.122 e. The predicted octanol–water partition coefficient (Wildman–Crippen LogP) is 2.19. The second kappa shape index (κ2) is 5.29. The number of benzene rings is 1. The quantitative estimate of drug-likeness (QED) is 0.841. The Morgan fingerprint density at radius 1 is 1.28 bits per heavy atom. The van der Waals surface area contributed by atoms with E-state index in [4.69, 9.17) is 4.74 Å². The fraction of sp³-hybridized carbons (Fsp3) is 0.600. The molecule has 0 aromatic heterocycles. The van der Waals surface area contributed by atoms with Crippen molar-refractivity contribution in [2.24, 2.45) is 0 Å². The molecule has 0 saturated carbocycles. The van der Waals surface area contributed by atoms with Crippen molar-refractivity contribution in [1.82, 2.24) is 5.32 Å². The van der Waals surface area contributed by atoms with Crippen molar-refractivity contribution in [2.75, 3.05) is 13.2 Å². The van der Waals surface area contributed by atoms with Gasteiger partial charge in [0.05, 0.1) is 12.7 Å². The van der Waals surface area contributed by atoms with E-state index in [0.717, 1.165) is 43.7 Å². The van der Waals surface area contributed by atoms with E-state index in [0.29, 0.717) is 0 Å². The number of nitrogens with one attached hydrogen (secondary N) is 1. The molecule has 2 aliphatic rings. The van der Waals surface area contributed by atoms with E-state index in [1.165, 1.54) is 18.4 Å². The average Bonchev–Trinajstić information content (AvgIpc) is 2.47. The van der Waals surface area contributed by atoms with Gasteiger partial charge in [-0.05, 0) is 55.5 Å². The monoisotopic (exact) mass is 247 g/mol. The highest BCUT2D eigenvalue weighted by molar-refractivity contribution is 5.39. The third kappa shape index (κ3) is 2.38. The van der Waals surface area contributed by atoms with Crippen LogP contribution in [0.5, 0.6) is 5.75 Å². The molecule has 2 atom stereocenters. The molecule has 1 aromatic carbocycles. The Balaban J connectivity index is 1.78. The van der Waals surface area contributed by atoms with Crippen molar-refractivity contribution in [1.29, 1.82) is 0 Å². The standard InChI is InChI=1S/C15H21NO2/c17-15(13-5-1-2-8-16-13)12-6-7-14-11(10-12)4-3-9-18-14/h6-7,10,13,15-17H,1-5,8-9H2. The van der Waals surface area contributed by atoms with Gasteiger partial charge in [-0.3, -0.25) is 0 Å². The molecule has 3 rings (SSSR count). The Labute approximate surface area is 108 Å². The zero-order valence-corrected chi connectivity index (χ0v) is 10.7. The lowest BCUT2D eigenvalue weighted by Gasteiger charge is -2.29. The number of aliphatic hydroxyl groups is 1. The normalized spacial score (nSPS) is 25.1. The molecular weight excluding hydrogens is 226 g/mol. The molecule has 0 aliphatic carbocycles. The molecule has 2 aliphatic heterocycles. The molecule has 2 N–H and O–H groups in total. The average molecular weight is 247 g/mol. The zero-order chi connectivity index (χ0) is 12.4. The molecule has 1 aromatic rings. The summed E-state index contributed by atoms with van der Waals surface area (Å²) < 4.78 is 5.61. The maximum Gasteiger partial charge on any atom is 0.122 e. The first-order chi connectivity index (χ1) is 8.84. The molecule has 18 heavy (non-hydrogen) atoms. The number of fused-ring (bicyclic) bond motifs is 1. The van der Waals surface area contributed by atoms with E-state index in [-0.39, 0.29) is 6.04 Å². The minimum absolute atomic E-state index is 0.210. The van der Waals surface area contributed by atoms with E-state index in [9.17, 15) is 5.11 Å². The van der Waals surface area contributed by atoms with Gasteiger partial charge in [0.25, 0.3) is 0 Å². The topological polar surface area (TPSA) is 41.5 Å². The predicted molar refractivity (Wildman–Crippen MR) is 70.9 cm³/mol. The molecule has 3 heteroatoms. The summed E-state index contributed by atoms with van der Waals surface area (Å²) in [4.78, 5) is 0. The fourth-order valence-corrected chi connectivity index (χ4v) is 2.94. The number of aliphatic hydroxyl groups excluding tert-OH is 1. The first kappa shape index (κ1) is 12.0. The van der Waals surface area contributed by atoms with E-state index in [2.05, 4.69) is 11.4 Å². The van der Waals surface area contributed by atoms with Crippen LogP contribution >= 0.6 is 0 Å². The van der Waals surface area contributed by atoms with Crippen LogP contribution in [0.25, 0.3) is 0 Å². The molecule has 2 unspecified atom stereocenters. The van der Waals surface area contributed by atoms with Crippen LogP contribution in [0.2, 0.25) is 0 Å². The van der Waals surface area contributed by atoms with Crippen LogP contribution in [-0.4, -0.2) is 24.3 Å². The van der Waals surface area contributed by atoms with Crippen LogP contribution in [-0.2, 0) is 6.42 Å². The number of aryl methyl sites for hydroxylation is 1. The lowest BCUT2D eigenvalue weighted by molar-refractivity contribution is 0.113. The maximum absolute atomic E-state index is 10.4. The van der Waals surface area contributed by atoms with E-state index in [1.807, 2.05) is 12.1 Å². The number of hydrogen-bond acceptors (Lipinski definition) is 3. The fourth-order valence-electron chi connectivity index (χ4n) is 2.94. The number of rotatable bonds is 2. The third-order valence-electron chi connectivity index (χ3n) is 4.00. The molecule has 0 bridgehead atoms. The molecule has 0 amide bonds. The Morgan fingerprint density at radius 3 is 3.06 bits per heavy atom. The minimum atomic E-state index is -0.391. The highest BCUT2D eigenvalue weighted by Crippen LogP contribution is 2.30. The van der Waals surface area contributed by atoms with Gasteiger partial charge in [-0.1, -0.05) is 12.5 Å². The molecule has 2 heterocycles. The molecule has 98 valence electrons. The van der Waals surface area contributed by atoms with E-state index >= 15 is 0 Å². The largest absolute Gasteiger partial charge is 0.493 e. The summed E-state index contributed by atoms with van der Waals surface area (Å²) in [5.41, 5.74) is 2.27. The summed E-state index contributed by atoms with van der Waals surface area (Å²) in [6.07, 6.45) is 5.25. The van der Waals surface area contributed by atoms with Gasteiger partial charge in [0.1, 0.15) is 5.75 Å². The molecule has 3 nitrogen and oxygen atoms in total. The Morgan fingerprint density at radius 2 is 2.22 bits per heavy atom. The van der Waals surface area contributed by atoms with E-state index < -0.39 is 6.10 Å². The van der Waals surface area contributed by atoms with Crippen LogP contribution in [0, 0.1) is 0 Å². The van der Waals surface area contributed by atoms with Crippen LogP contribution in [0.1, 0.15) is 42.9 Å². The number of piperidine rings is 1. The molecular formula is C15H21NO2. The maximum atomic E-state index is 10.4. The Hall–Kier alpha value is -1.06. The van der Waals surface area contributed by atoms with Gasteiger partial charge in [-0.2, -0.15) is 0 Å². The summed E-state index contributed by atoms with van der Waals surface area (Å²) in [6.45, 7) is 1.84. The number of ether oxygens (including phenoxy) is 1. The van der Waals surface area contributed by atoms with Gasteiger partial charge >= 0.3 is 0 Å². The van der Waals surface area contributed by atoms with Gasteiger partial charge in [-0.25, -0.2) is 0 Å². The second-order valence-electron chi connectivity index (χ2n) is 5.32. The van der Waals surface area contributed by atoms with Crippen molar-refractivity contribution in [3.05, 3.63) is 29.3 Å². The van der Waals surface area contributed by atoms with Crippen molar-refractivity contribution in [3.63, 3.8) is 0 Å². The van der Waals surface area contributed by atoms with Gasteiger partial charge in [0.15, 0.2) is 0 Å². The Bertz CT molecular complexity index is 413. The van der Waals surface area contributed by atoms with Crippen molar-refractivity contribution in [3.8, 4) is 5.75 Å². The lowest BCUT2D eigenvalue weighted by Crippen LogP contribution is -2.38. The zero-order valence-electron chi connectivity index (χ0n) is 10.7. The van der Waals surface area contributed by atoms with Crippen LogP contribution in [0.15, 0.2) is 18.2 Å². The van der Waals surface area contributed by atoms with Gasteiger partial charge < -0.3 is 15.2 Å². The lowest BCUT2D eigenvalue weighted by atomic mass is 9.93. The first-order valence-corrected chi connectivity index (χ1v) is 7.02. The third-order valence-corrected chi connectivity index (χ3v) is 4.00. The summed E-state index contributed by atoms with van der Waals surface area (Å²) in [5.74, 6) is 0.994. The highest BCUT2D eigenvalue weighted by Gasteiger charge is 2.23. The first-order valence-electron chi connectivity index (χ1n) is 7.02. The SMILES string of the molecule is OC(c1ccc2c(c1)CCCO2)C1CCCCN1. The summed E-state index contributed by atoms with van der Waals surface area (Å²) in [5, 5.41) is 13.9.